The minimum Gasteiger partial charge on any atom is -0.477 e. The van der Waals surface area contributed by atoms with E-state index in [1.807, 2.05) is 0 Å². The van der Waals surface area contributed by atoms with E-state index in [9.17, 15) is 24.7 Å². The van der Waals surface area contributed by atoms with Crippen LogP contribution in [0.25, 0.3) is 0 Å². The molecule has 17 heteroatoms. The number of aromatic nitrogens is 2. The van der Waals surface area contributed by atoms with E-state index >= 15 is 0 Å². The van der Waals surface area contributed by atoms with Crippen molar-refractivity contribution in [2.45, 2.75) is 21.4 Å². The number of thioether (sulfide) groups is 3. The molecule has 2 aliphatic rings. The lowest BCUT2D eigenvalue weighted by Gasteiger charge is -2.49. The number of β-lactam (4-membered cyclic amide) rings is 1. The molecule has 2 aliphatic heterocycles. The second-order valence-electron chi connectivity index (χ2n) is 7.48. The number of hydrogen-bond donors (Lipinski definition) is 5. The summed E-state index contributed by atoms with van der Waals surface area (Å²) >= 11 is 11.5. The first-order chi connectivity index (χ1) is 17.7. The first-order valence-electron chi connectivity index (χ1n) is 10.5. The van der Waals surface area contributed by atoms with Gasteiger partial charge in [-0.2, -0.15) is 11.8 Å². The summed E-state index contributed by atoms with van der Waals surface area (Å²) in [7, 11) is 0. The number of pyridine rings is 1. The van der Waals surface area contributed by atoms with E-state index in [4.69, 9.17) is 23.1 Å². The Hall–Kier alpha value is -2.50. The predicted molar refractivity (Wildman–Crippen MR) is 145 cm³/mol. The molecule has 1 saturated heterocycles. The predicted octanol–water partition coefficient (Wildman–Crippen LogP) is 1.63. The fourth-order valence-corrected chi connectivity index (χ4v) is 8.51. The molecule has 1 fully saturated rings. The number of carbonyl (C=O) groups excluding carboxylic acids is 2. The van der Waals surface area contributed by atoms with Crippen LogP contribution in [0.4, 0.5) is 5.82 Å². The molecule has 0 aliphatic carbocycles. The lowest BCUT2D eigenvalue weighted by atomic mass is 10.0. The number of carbonyl (C=O) groups is 3. The van der Waals surface area contributed by atoms with E-state index in [2.05, 4.69) is 20.4 Å². The van der Waals surface area contributed by atoms with Gasteiger partial charge in [0.05, 0.1) is 9.90 Å². The molecule has 37 heavy (non-hydrogen) atoms. The molecule has 196 valence electrons. The summed E-state index contributed by atoms with van der Waals surface area (Å²) in [6.07, 6.45) is 0. The average Bonchev–Trinajstić information content (AvgIpc) is 3.21. The number of carboxylic acids is 1. The maximum atomic E-state index is 13.0. The highest BCUT2D eigenvalue weighted by Gasteiger charge is 2.54. The molecule has 0 unspecified atom stereocenters. The van der Waals surface area contributed by atoms with Gasteiger partial charge in [0.1, 0.15) is 28.6 Å². The number of amides is 2. The molecular formula is C20H20ClN7O5S4. The van der Waals surface area contributed by atoms with Crippen molar-refractivity contribution in [1.82, 2.24) is 20.2 Å². The Labute approximate surface area is 232 Å². The minimum atomic E-state index is -1.26. The third kappa shape index (κ3) is 5.83. The van der Waals surface area contributed by atoms with Gasteiger partial charge in [-0.15, -0.1) is 11.8 Å². The van der Waals surface area contributed by atoms with Crippen molar-refractivity contribution in [2.24, 2.45) is 10.9 Å². The number of anilines is 1. The van der Waals surface area contributed by atoms with Crippen molar-refractivity contribution < 1.29 is 24.7 Å². The Morgan fingerprint density at radius 2 is 2.14 bits per heavy atom. The van der Waals surface area contributed by atoms with E-state index in [0.29, 0.717) is 21.7 Å². The minimum absolute atomic E-state index is 0.0216. The van der Waals surface area contributed by atoms with Gasteiger partial charge < -0.3 is 27.1 Å². The molecule has 4 rings (SSSR count). The number of carboxylic acid groups (broad SMARTS) is 1. The van der Waals surface area contributed by atoms with Gasteiger partial charge in [-0.3, -0.25) is 14.5 Å². The Morgan fingerprint density at radius 1 is 1.35 bits per heavy atom. The van der Waals surface area contributed by atoms with E-state index < -0.39 is 34.9 Å². The number of oxime groups is 1. The number of halogens is 1. The largest absolute Gasteiger partial charge is 0.477 e. The van der Waals surface area contributed by atoms with Crippen molar-refractivity contribution in [3.05, 3.63) is 44.7 Å². The maximum absolute atomic E-state index is 13.0. The molecular weight excluding hydrogens is 582 g/mol. The first kappa shape index (κ1) is 27.5. The van der Waals surface area contributed by atoms with Crippen LogP contribution in [-0.2, 0) is 20.1 Å². The number of nitrogen functional groups attached to an aromatic ring is 1. The third-order valence-corrected chi connectivity index (χ3v) is 10.1. The molecule has 4 heterocycles. The number of nitrogens with zero attached hydrogens (tertiary/aromatic N) is 4. The summed E-state index contributed by atoms with van der Waals surface area (Å²) < 4.78 is 1.09. The van der Waals surface area contributed by atoms with Crippen molar-refractivity contribution in [2.75, 3.05) is 23.8 Å². The molecule has 0 bridgehead atoms. The summed E-state index contributed by atoms with van der Waals surface area (Å²) in [5.74, 6) is -0.991. The molecule has 12 nitrogen and oxygen atoms in total. The second kappa shape index (κ2) is 11.9. The SMILES string of the molecule is NCCSCc1nc(Cl)sc1SC1=C(C(=O)O)N2C(=O)[C@@H](NC(=O)/C(=N/O)c3cccc(N)n3)[C@H]2SC1. The first-order valence-corrected chi connectivity index (χ1v) is 14.7. The number of nitrogens with two attached hydrogens (primary N) is 2. The summed E-state index contributed by atoms with van der Waals surface area (Å²) in [4.78, 5) is 47.9. The van der Waals surface area contributed by atoms with Crippen molar-refractivity contribution in [3.63, 3.8) is 0 Å². The number of rotatable bonds is 10. The smallest absolute Gasteiger partial charge is 0.353 e. The van der Waals surface area contributed by atoms with Crippen LogP contribution >= 0.6 is 58.2 Å². The lowest BCUT2D eigenvalue weighted by molar-refractivity contribution is -0.150. The number of nitrogens with one attached hydrogen (secondary N) is 1. The highest BCUT2D eigenvalue weighted by molar-refractivity contribution is 8.07. The fourth-order valence-electron chi connectivity index (χ4n) is 3.52. The lowest BCUT2D eigenvalue weighted by Crippen LogP contribution is -2.71. The van der Waals surface area contributed by atoms with E-state index in [-0.39, 0.29) is 23.0 Å². The van der Waals surface area contributed by atoms with Crippen LogP contribution in [0.3, 0.4) is 0 Å². The highest BCUT2D eigenvalue weighted by atomic mass is 35.5. The zero-order valence-electron chi connectivity index (χ0n) is 18.8. The number of thiazole rings is 1. The third-order valence-electron chi connectivity index (χ3n) is 5.10. The molecule has 0 spiro atoms. The van der Waals surface area contributed by atoms with Gasteiger partial charge in [0.15, 0.2) is 10.2 Å². The Kier molecular flexibility index (Phi) is 8.86. The quantitative estimate of drug-likeness (QED) is 0.0868. The molecule has 2 amide bonds. The number of aliphatic carboxylic acids is 1. The fraction of sp³-hybridized carbons (Fsp3) is 0.300. The summed E-state index contributed by atoms with van der Waals surface area (Å²) in [6.45, 7) is 0.522. The molecule has 0 radical (unpaired) electrons. The Bertz CT molecular complexity index is 1300. The van der Waals surface area contributed by atoms with Gasteiger partial charge in [0.2, 0.25) is 0 Å². The highest BCUT2D eigenvalue weighted by Crippen LogP contribution is 2.47. The van der Waals surface area contributed by atoms with Crippen LogP contribution in [-0.4, -0.2) is 78.1 Å². The molecule has 2 aromatic rings. The van der Waals surface area contributed by atoms with Gasteiger partial charge in [-0.25, -0.2) is 14.8 Å². The Morgan fingerprint density at radius 3 is 2.81 bits per heavy atom. The average molecular weight is 602 g/mol. The van der Waals surface area contributed by atoms with Crippen molar-refractivity contribution in [3.8, 4) is 0 Å². The summed E-state index contributed by atoms with van der Waals surface area (Å²) in [5.41, 5.74) is 11.4. The summed E-state index contributed by atoms with van der Waals surface area (Å²) in [6, 6.07) is 3.45. The molecule has 7 N–H and O–H groups in total. The van der Waals surface area contributed by atoms with Crippen LogP contribution in [0.2, 0.25) is 4.47 Å². The van der Waals surface area contributed by atoms with Crippen molar-refractivity contribution in [1.29, 1.82) is 0 Å². The van der Waals surface area contributed by atoms with E-state index in [0.717, 1.165) is 20.6 Å². The van der Waals surface area contributed by atoms with Crippen LogP contribution < -0.4 is 16.8 Å². The molecule has 2 atom stereocenters. The zero-order valence-corrected chi connectivity index (χ0v) is 22.8. The monoisotopic (exact) mass is 601 g/mol. The molecule has 0 aromatic carbocycles. The van der Waals surface area contributed by atoms with Gasteiger partial charge >= 0.3 is 5.97 Å². The maximum Gasteiger partial charge on any atom is 0.353 e. The van der Waals surface area contributed by atoms with Gasteiger partial charge in [0, 0.05) is 28.7 Å². The van der Waals surface area contributed by atoms with Crippen molar-refractivity contribution >= 4 is 87.5 Å². The topological polar surface area (TPSA) is 197 Å². The Balaban J connectivity index is 1.52. The van der Waals surface area contributed by atoms with E-state index in [1.165, 1.54) is 53.1 Å². The standard InChI is InChI=1S/C20H20ClN7O5S4/c21-20-25-9(6-34-5-4-22)19(37-20)36-10-7-35-17-13(16(30)28(17)14(10)18(31)32)26-15(29)12(27-33)8-2-1-3-11(23)24-8/h1-3,13,17,33H,4-7,22H2,(H2,23,24)(H,26,29)(H,31,32)/b27-12+/t13-,17-/m1/s1. The second-order valence-corrected chi connectivity index (χ2v) is 12.6. The van der Waals surface area contributed by atoms with E-state index in [1.54, 1.807) is 11.8 Å². The van der Waals surface area contributed by atoms with Crippen LogP contribution in [0.1, 0.15) is 11.4 Å². The van der Waals surface area contributed by atoms with Crippen LogP contribution in [0.5, 0.6) is 0 Å². The van der Waals surface area contributed by atoms with Crippen LogP contribution in [0, 0.1) is 0 Å². The summed E-state index contributed by atoms with van der Waals surface area (Å²) in [5, 5.41) is 24.2. The zero-order chi connectivity index (χ0) is 26.7. The van der Waals surface area contributed by atoms with Crippen LogP contribution in [0.15, 0.2) is 38.2 Å². The van der Waals surface area contributed by atoms with Gasteiger partial charge in [0.25, 0.3) is 11.8 Å². The molecule has 0 saturated carbocycles. The van der Waals surface area contributed by atoms with Gasteiger partial charge in [-0.1, -0.05) is 45.9 Å². The molecule has 2 aromatic heterocycles. The number of hydrogen-bond acceptors (Lipinski definition) is 13. The number of fused-ring (bicyclic) bond motifs is 1. The normalized spacial score (nSPS) is 19.5. The van der Waals surface area contributed by atoms with Gasteiger partial charge in [-0.05, 0) is 12.1 Å².